The summed E-state index contributed by atoms with van der Waals surface area (Å²) in [6.45, 7) is 12.3. The van der Waals surface area contributed by atoms with Gasteiger partial charge in [0.1, 0.15) is 18.2 Å². The second-order valence-corrected chi connectivity index (χ2v) is 9.36. The molecule has 6 nitrogen and oxygen atoms in total. The lowest BCUT2D eigenvalue weighted by atomic mass is 9.77. The molecule has 0 aromatic heterocycles. The minimum absolute atomic E-state index is 0.326. The summed E-state index contributed by atoms with van der Waals surface area (Å²) in [5.74, 6) is 1.34. The van der Waals surface area contributed by atoms with Crippen LogP contribution in [0.4, 0.5) is 0 Å². The molecular weight excluding hydrogens is 448 g/mol. The summed E-state index contributed by atoms with van der Waals surface area (Å²) in [6.07, 6.45) is 3.54. The minimum Gasteiger partial charge on any atom is -0.489 e. The normalized spacial score (nSPS) is 12.1. The van der Waals surface area contributed by atoms with Crippen LogP contribution in [0.25, 0.3) is 0 Å². The van der Waals surface area contributed by atoms with Gasteiger partial charge < -0.3 is 4.74 Å². The highest BCUT2D eigenvalue weighted by molar-refractivity contribution is 6.31. The molecule has 0 fully saturated rings. The Morgan fingerprint density at radius 1 is 1.21 bits per heavy atom. The third-order valence-corrected chi connectivity index (χ3v) is 5.93. The van der Waals surface area contributed by atoms with Crippen molar-refractivity contribution in [1.82, 2.24) is 10.6 Å². The van der Waals surface area contributed by atoms with Gasteiger partial charge in [-0.1, -0.05) is 37.6 Å². The third kappa shape index (κ3) is 7.19. The molecule has 0 aliphatic heterocycles. The Kier molecular flexibility index (Phi) is 9.46. The Morgan fingerprint density at radius 3 is 2.41 bits per heavy atom. The summed E-state index contributed by atoms with van der Waals surface area (Å²) in [5.41, 5.74) is 7.83. The van der Waals surface area contributed by atoms with Gasteiger partial charge >= 0.3 is 0 Å². The molecule has 0 aliphatic rings. The average molecular weight is 481 g/mol. The number of nitriles is 1. The highest BCUT2D eigenvalue weighted by Gasteiger charge is 2.25. The van der Waals surface area contributed by atoms with E-state index in [1.54, 1.807) is 6.21 Å². The van der Waals surface area contributed by atoms with Crippen LogP contribution in [-0.4, -0.2) is 30.2 Å². The summed E-state index contributed by atoms with van der Waals surface area (Å²) >= 11 is 6.37. The van der Waals surface area contributed by atoms with E-state index < -0.39 is 0 Å². The molecule has 0 saturated heterocycles. The molecule has 7 heteroatoms. The molecule has 0 heterocycles. The highest BCUT2D eigenvalue weighted by atomic mass is 35.5. The number of hydrogen-bond acceptors (Lipinski definition) is 6. The molecule has 34 heavy (non-hydrogen) atoms. The van der Waals surface area contributed by atoms with E-state index in [0.717, 1.165) is 38.8 Å². The number of nitrogens with zero attached hydrogens (tertiary/aromatic N) is 3. The number of hydrazine groups is 1. The van der Waals surface area contributed by atoms with E-state index in [2.05, 4.69) is 30.3 Å². The zero-order valence-electron chi connectivity index (χ0n) is 20.9. The predicted molar refractivity (Wildman–Crippen MR) is 138 cm³/mol. The van der Waals surface area contributed by atoms with E-state index in [4.69, 9.17) is 16.3 Å². The van der Waals surface area contributed by atoms with Crippen LogP contribution in [0.1, 0.15) is 56.9 Å². The van der Waals surface area contributed by atoms with E-state index in [0.29, 0.717) is 23.0 Å². The number of ether oxygens (including phenoxy) is 1. The first-order chi connectivity index (χ1) is 15.9. The Morgan fingerprint density at radius 2 is 1.85 bits per heavy atom. The van der Waals surface area contributed by atoms with Crippen molar-refractivity contribution in [2.45, 2.75) is 47.0 Å². The fraction of sp³-hybridized carbons (Fsp3) is 0.333. The molecule has 2 aromatic carbocycles. The van der Waals surface area contributed by atoms with Crippen LogP contribution in [0.15, 0.2) is 64.4 Å². The zero-order valence-corrected chi connectivity index (χ0v) is 21.7. The lowest BCUT2D eigenvalue weighted by Gasteiger charge is -2.27. The van der Waals surface area contributed by atoms with Crippen molar-refractivity contribution in [3.8, 4) is 11.8 Å². The number of aliphatic imine (C=N–C) groups is 1. The molecular formula is C27H33ClN4O2. The largest absolute Gasteiger partial charge is 0.489 e. The van der Waals surface area contributed by atoms with Crippen molar-refractivity contribution in [1.29, 1.82) is 5.26 Å². The molecule has 0 amide bonds. The Hall–Kier alpha value is -3.11. The van der Waals surface area contributed by atoms with Gasteiger partial charge in [0.25, 0.3) is 0 Å². The van der Waals surface area contributed by atoms with Crippen molar-refractivity contribution in [2.75, 3.05) is 13.7 Å². The molecule has 2 aromatic rings. The first-order valence-electron chi connectivity index (χ1n) is 11.0. The molecule has 2 N–H and O–H groups in total. The second-order valence-electron chi connectivity index (χ2n) is 8.96. The van der Waals surface area contributed by atoms with Gasteiger partial charge in [-0.05, 0) is 85.9 Å². The summed E-state index contributed by atoms with van der Waals surface area (Å²) in [7, 11) is 1.49. The number of rotatable bonds is 9. The van der Waals surface area contributed by atoms with Crippen LogP contribution in [0, 0.1) is 18.3 Å². The minimum atomic E-state index is -0.326. The van der Waals surface area contributed by atoms with Crippen LogP contribution in [-0.2, 0) is 5.41 Å². The molecule has 0 radical (unpaired) electrons. The van der Waals surface area contributed by atoms with Crippen molar-refractivity contribution < 1.29 is 9.94 Å². The Labute approximate surface area is 207 Å². The number of nitrogens with one attached hydrogen (secondary N) is 1. The molecule has 2 rings (SSSR count). The lowest BCUT2D eigenvalue weighted by molar-refractivity contribution is -0.103. The number of hydroxylamine groups is 1. The average Bonchev–Trinajstić information content (AvgIpc) is 2.78. The van der Waals surface area contributed by atoms with Gasteiger partial charge in [-0.15, -0.1) is 5.17 Å². The summed E-state index contributed by atoms with van der Waals surface area (Å²) in [5, 5.41) is 20.2. The lowest BCUT2D eigenvalue weighted by Crippen LogP contribution is -2.30. The van der Waals surface area contributed by atoms with Crippen molar-refractivity contribution in [3.05, 3.63) is 86.7 Å². The summed E-state index contributed by atoms with van der Waals surface area (Å²) < 4.78 is 5.91. The quantitative estimate of drug-likeness (QED) is 0.324. The number of halogens is 1. The monoisotopic (exact) mass is 480 g/mol. The van der Waals surface area contributed by atoms with Crippen molar-refractivity contribution in [2.24, 2.45) is 4.99 Å². The van der Waals surface area contributed by atoms with Crippen LogP contribution in [0.2, 0.25) is 5.02 Å². The van der Waals surface area contributed by atoms with Crippen molar-refractivity contribution in [3.63, 3.8) is 0 Å². The first kappa shape index (κ1) is 27.1. The van der Waals surface area contributed by atoms with Crippen LogP contribution >= 0.6 is 11.6 Å². The van der Waals surface area contributed by atoms with Gasteiger partial charge in [0, 0.05) is 23.7 Å². The fourth-order valence-electron chi connectivity index (χ4n) is 3.20. The van der Waals surface area contributed by atoms with E-state index in [9.17, 15) is 10.5 Å². The molecule has 180 valence electrons. The molecule has 0 bridgehead atoms. The summed E-state index contributed by atoms with van der Waals surface area (Å²) in [6, 6.07) is 14.0. The van der Waals surface area contributed by atoms with Gasteiger partial charge in [-0.3, -0.25) is 10.6 Å². The maximum atomic E-state index is 9.43. The standard InChI is InChI=1S/C27H33ClN4O2/c1-18(2)26(31-32(7)33)30-13-12-19(3)17-34-24-10-8-22(9-11-24)27(5,6)23-14-21(16-29)20(4)25(28)15-23/h8-15,31,33H,17H2,1-7H3/b19-12+,30-13-. The topological polar surface area (TPSA) is 80.9 Å². The molecule has 0 aliphatic carbocycles. The Balaban J connectivity index is 2.08. The van der Waals surface area contributed by atoms with Gasteiger partial charge in [-0.2, -0.15) is 5.26 Å². The number of hydrogen-bond donors (Lipinski definition) is 2. The second kappa shape index (κ2) is 11.8. The molecule has 0 saturated carbocycles. The van der Waals surface area contributed by atoms with E-state index in [1.165, 1.54) is 7.05 Å². The molecule has 0 spiro atoms. The number of benzene rings is 2. The van der Waals surface area contributed by atoms with Gasteiger partial charge in [0.15, 0.2) is 0 Å². The summed E-state index contributed by atoms with van der Waals surface area (Å²) in [4.78, 5) is 4.33. The SMILES string of the molecule is CC(C)=C(/N=C\C=C(/C)COc1ccc(C(C)(C)c2cc(Cl)c(C)c(C#N)c2)cc1)NN(C)O. The van der Waals surface area contributed by atoms with Gasteiger partial charge in [0.05, 0.1) is 11.6 Å². The van der Waals surface area contributed by atoms with Gasteiger partial charge in [-0.25, -0.2) is 4.99 Å². The first-order valence-corrected chi connectivity index (χ1v) is 11.3. The predicted octanol–water partition coefficient (Wildman–Crippen LogP) is 6.32. The molecule has 0 unspecified atom stereocenters. The van der Waals surface area contributed by atoms with Crippen LogP contribution in [0.3, 0.4) is 0 Å². The van der Waals surface area contributed by atoms with Crippen LogP contribution in [0.5, 0.6) is 5.75 Å². The third-order valence-electron chi connectivity index (χ3n) is 5.53. The van der Waals surface area contributed by atoms with Crippen molar-refractivity contribution >= 4 is 17.8 Å². The number of allylic oxidation sites excluding steroid dienone is 2. The maximum absolute atomic E-state index is 9.43. The molecule has 0 atom stereocenters. The van der Waals surface area contributed by atoms with Gasteiger partial charge in [0.2, 0.25) is 0 Å². The van der Waals surface area contributed by atoms with E-state index in [-0.39, 0.29) is 5.41 Å². The zero-order chi connectivity index (χ0) is 25.5. The highest BCUT2D eigenvalue weighted by Crippen LogP contribution is 2.35. The Bertz CT molecular complexity index is 1140. The fourth-order valence-corrected chi connectivity index (χ4v) is 3.42. The smallest absolute Gasteiger partial charge is 0.140 e. The van der Waals surface area contributed by atoms with Crippen LogP contribution < -0.4 is 10.2 Å². The van der Waals surface area contributed by atoms with E-state index in [1.807, 2.05) is 70.2 Å². The maximum Gasteiger partial charge on any atom is 0.140 e. The van der Waals surface area contributed by atoms with E-state index >= 15 is 0 Å².